The first-order chi connectivity index (χ1) is 7.19. The quantitative estimate of drug-likeness (QED) is 0.678. The SMILES string of the molecule is COc1ccc(C(C)NCCN)c(O)c1. The van der Waals surface area contributed by atoms with Crippen LogP contribution in [0.15, 0.2) is 18.2 Å². The number of aromatic hydroxyl groups is 1. The standard InChI is InChI=1S/C11H18N2O2/c1-8(13-6-5-12)10-4-3-9(15-2)7-11(10)14/h3-4,7-8,13-14H,5-6,12H2,1-2H3. The van der Waals surface area contributed by atoms with Gasteiger partial charge < -0.3 is 20.9 Å². The molecule has 0 spiro atoms. The number of hydrogen-bond donors (Lipinski definition) is 3. The van der Waals surface area contributed by atoms with Gasteiger partial charge in [-0.2, -0.15) is 0 Å². The second kappa shape index (κ2) is 5.58. The molecule has 84 valence electrons. The highest BCUT2D eigenvalue weighted by Crippen LogP contribution is 2.27. The Labute approximate surface area is 90.1 Å². The average Bonchev–Trinajstić information content (AvgIpc) is 2.25. The first-order valence-electron chi connectivity index (χ1n) is 4.99. The van der Waals surface area contributed by atoms with E-state index in [4.69, 9.17) is 10.5 Å². The highest BCUT2D eigenvalue weighted by atomic mass is 16.5. The fraction of sp³-hybridized carbons (Fsp3) is 0.455. The van der Waals surface area contributed by atoms with Gasteiger partial charge in [0.1, 0.15) is 11.5 Å². The van der Waals surface area contributed by atoms with Crippen LogP contribution in [0.3, 0.4) is 0 Å². The molecular weight excluding hydrogens is 192 g/mol. The minimum atomic E-state index is 0.0828. The first-order valence-corrected chi connectivity index (χ1v) is 4.99. The molecule has 4 heteroatoms. The molecule has 15 heavy (non-hydrogen) atoms. The topological polar surface area (TPSA) is 67.5 Å². The van der Waals surface area contributed by atoms with Crippen molar-refractivity contribution in [2.45, 2.75) is 13.0 Å². The molecule has 0 amide bonds. The predicted molar refractivity (Wildman–Crippen MR) is 60.1 cm³/mol. The van der Waals surface area contributed by atoms with Gasteiger partial charge in [-0.3, -0.25) is 0 Å². The van der Waals surface area contributed by atoms with Gasteiger partial charge >= 0.3 is 0 Å². The lowest BCUT2D eigenvalue weighted by molar-refractivity contribution is 0.404. The minimum Gasteiger partial charge on any atom is -0.507 e. The van der Waals surface area contributed by atoms with Crippen molar-refractivity contribution in [3.8, 4) is 11.5 Å². The molecule has 1 unspecified atom stereocenters. The van der Waals surface area contributed by atoms with Crippen LogP contribution >= 0.6 is 0 Å². The van der Waals surface area contributed by atoms with Gasteiger partial charge in [-0.25, -0.2) is 0 Å². The van der Waals surface area contributed by atoms with Crippen molar-refractivity contribution in [1.29, 1.82) is 0 Å². The highest BCUT2D eigenvalue weighted by molar-refractivity contribution is 5.41. The first kappa shape index (κ1) is 11.8. The fourth-order valence-corrected chi connectivity index (χ4v) is 1.43. The Kier molecular flexibility index (Phi) is 4.39. The zero-order valence-corrected chi connectivity index (χ0v) is 9.16. The molecule has 0 saturated carbocycles. The Morgan fingerprint density at radius 1 is 1.53 bits per heavy atom. The largest absolute Gasteiger partial charge is 0.507 e. The third-order valence-electron chi connectivity index (χ3n) is 2.30. The smallest absolute Gasteiger partial charge is 0.124 e. The molecule has 1 rings (SSSR count). The maximum absolute atomic E-state index is 9.74. The maximum Gasteiger partial charge on any atom is 0.124 e. The molecule has 0 aliphatic carbocycles. The second-order valence-corrected chi connectivity index (χ2v) is 3.39. The van der Waals surface area contributed by atoms with E-state index in [9.17, 15) is 5.11 Å². The van der Waals surface area contributed by atoms with E-state index in [0.29, 0.717) is 12.3 Å². The van der Waals surface area contributed by atoms with Gasteiger partial charge in [-0.05, 0) is 13.0 Å². The molecule has 0 fully saturated rings. The van der Waals surface area contributed by atoms with E-state index in [1.807, 2.05) is 19.1 Å². The molecule has 4 nitrogen and oxygen atoms in total. The molecule has 0 aromatic heterocycles. The van der Waals surface area contributed by atoms with Crippen molar-refractivity contribution < 1.29 is 9.84 Å². The van der Waals surface area contributed by atoms with Crippen molar-refractivity contribution in [2.24, 2.45) is 5.73 Å². The van der Waals surface area contributed by atoms with Gasteiger partial charge in [0, 0.05) is 30.8 Å². The van der Waals surface area contributed by atoms with Gasteiger partial charge in [0.05, 0.1) is 7.11 Å². The molecule has 0 bridgehead atoms. The number of ether oxygens (including phenoxy) is 1. The molecule has 0 aliphatic rings. The van der Waals surface area contributed by atoms with Gasteiger partial charge in [0.15, 0.2) is 0 Å². The van der Waals surface area contributed by atoms with Gasteiger partial charge in [0.2, 0.25) is 0 Å². The van der Waals surface area contributed by atoms with Crippen molar-refractivity contribution >= 4 is 0 Å². The van der Waals surface area contributed by atoms with E-state index in [0.717, 1.165) is 12.1 Å². The lowest BCUT2D eigenvalue weighted by Gasteiger charge is -2.15. The lowest BCUT2D eigenvalue weighted by atomic mass is 10.1. The van der Waals surface area contributed by atoms with Crippen molar-refractivity contribution in [3.63, 3.8) is 0 Å². The second-order valence-electron chi connectivity index (χ2n) is 3.39. The molecule has 1 aromatic carbocycles. The molecule has 0 saturated heterocycles. The summed E-state index contributed by atoms with van der Waals surface area (Å²) in [6.45, 7) is 3.30. The van der Waals surface area contributed by atoms with Crippen LogP contribution in [0.5, 0.6) is 11.5 Å². The van der Waals surface area contributed by atoms with Gasteiger partial charge in [0.25, 0.3) is 0 Å². The summed E-state index contributed by atoms with van der Waals surface area (Å²) in [5.41, 5.74) is 6.24. The van der Waals surface area contributed by atoms with Crippen LogP contribution in [0.4, 0.5) is 0 Å². The Balaban J connectivity index is 2.76. The lowest BCUT2D eigenvalue weighted by Crippen LogP contribution is -2.25. The van der Waals surface area contributed by atoms with Crippen LogP contribution in [-0.4, -0.2) is 25.3 Å². The van der Waals surface area contributed by atoms with Gasteiger partial charge in [-0.1, -0.05) is 6.07 Å². The normalized spacial score (nSPS) is 12.5. The van der Waals surface area contributed by atoms with Crippen LogP contribution in [0.2, 0.25) is 0 Å². The van der Waals surface area contributed by atoms with Crippen LogP contribution in [0, 0.1) is 0 Å². The third-order valence-corrected chi connectivity index (χ3v) is 2.30. The number of methoxy groups -OCH3 is 1. The average molecular weight is 210 g/mol. The summed E-state index contributed by atoms with van der Waals surface area (Å²) < 4.78 is 5.01. The summed E-state index contributed by atoms with van der Waals surface area (Å²) in [6.07, 6.45) is 0. The molecule has 1 atom stereocenters. The van der Waals surface area contributed by atoms with Gasteiger partial charge in [-0.15, -0.1) is 0 Å². The van der Waals surface area contributed by atoms with Crippen LogP contribution in [0.1, 0.15) is 18.5 Å². The van der Waals surface area contributed by atoms with E-state index in [2.05, 4.69) is 5.32 Å². The Morgan fingerprint density at radius 2 is 2.27 bits per heavy atom. The number of nitrogens with two attached hydrogens (primary N) is 1. The number of nitrogens with one attached hydrogen (secondary N) is 1. The third kappa shape index (κ3) is 3.11. The highest BCUT2D eigenvalue weighted by Gasteiger charge is 2.09. The number of benzene rings is 1. The van der Waals surface area contributed by atoms with Crippen molar-refractivity contribution in [2.75, 3.05) is 20.2 Å². The zero-order valence-electron chi connectivity index (χ0n) is 9.16. The number of phenolic OH excluding ortho intramolecular Hbond substituents is 1. The minimum absolute atomic E-state index is 0.0828. The van der Waals surface area contributed by atoms with Crippen molar-refractivity contribution in [3.05, 3.63) is 23.8 Å². The fourth-order valence-electron chi connectivity index (χ4n) is 1.43. The summed E-state index contributed by atoms with van der Waals surface area (Å²) in [7, 11) is 1.57. The zero-order chi connectivity index (χ0) is 11.3. The summed E-state index contributed by atoms with van der Waals surface area (Å²) in [4.78, 5) is 0. The van der Waals surface area contributed by atoms with Crippen LogP contribution < -0.4 is 15.8 Å². The summed E-state index contributed by atoms with van der Waals surface area (Å²) in [6, 6.07) is 5.37. The predicted octanol–water partition coefficient (Wildman–Crippen LogP) is 1.01. The summed E-state index contributed by atoms with van der Waals surface area (Å²) in [5, 5.41) is 12.9. The van der Waals surface area contributed by atoms with Crippen LogP contribution in [-0.2, 0) is 0 Å². The van der Waals surface area contributed by atoms with E-state index in [1.54, 1.807) is 13.2 Å². The summed E-state index contributed by atoms with van der Waals surface area (Å²) >= 11 is 0. The molecule has 0 heterocycles. The Morgan fingerprint density at radius 3 is 2.80 bits per heavy atom. The van der Waals surface area contributed by atoms with E-state index in [1.165, 1.54) is 0 Å². The molecule has 1 aromatic rings. The van der Waals surface area contributed by atoms with E-state index < -0.39 is 0 Å². The van der Waals surface area contributed by atoms with E-state index >= 15 is 0 Å². The Hall–Kier alpha value is -1.26. The van der Waals surface area contributed by atoms with E-state index in [-0.39, 0.29) is 11.8 Å². The molecule has 4 N–H and O–H groups in total. The monoisotopic (exact) mass is 210 g/mol. The number of phenols is 1. The number of rotatable bonds is 5. The Bertz CT molecular complexity index is 315. The maximum atomic E-state index is 9.74. The van der Waals surface area contributed by atoms with Crippen LogP contribution in [0.25, 0.3) is 0 Å². The van der Waals surface area contributed by atoms with Crippen molar-refractivity contribution in [1.82, 2.24) is 5.32 Å². The summed E-state index contributed by atoms with van der Waals surface area (Å²) in [5.74, 6) is 0.897. The molecule has 0 aliphatic heterocycles. The molecular formula is C11H18N2O2. The number of hydrogen-bond acceptors (Lipinski definition) is 4. The molecule has 0 radical (unpaired) electrons.